The van der Waals surface area contributed by atoms with Crippen LogP contribution in [0.2, 0.25) is 0 Å². The Morgan fingerprint density at radius 3 is 2.50 bits per heavy atom. The Labute approximate surface area is 185 Å². The van der Waals surface area contributed by atoms with Crippen molar-refractivity contribution >= 4 is 47.4 Å². The van der Waals surface area contributed by atoms with Gasteiger partial charge in [-0.1, -0.05) is 11.6 Å². The van der Waals surface area contributed by atoms with Gasteiger partial charge in [-0.05, 0) is 0 Å². The highest BCUT2D eigenvalue weighted by atomic mass is 35.5. The minimum Gasteiger partial charge on any atom is -0.418 e. The summed E-state index contributed by atoms with van der Waals surface area (Å²) in [6, 6.07) is 0. The molecule has 15 nitrogen and oxygen atoms in total. The third kappa shape index (κ3) is 3.72. The lowest BCUT2D eigenvalue weighted by molar-refractivity contribution is -0.478. The molecule has 0 bridgehead atoms. The number of amidine groups is 1. The highest BCUT2D eigenvalue weighted by Gasteiger charge is 2.79. The first-order valence-electron chi connectivity index (χ1n) is 9.04. The quantitative estimate of drug-likeness (QED) is 0.0923. The number of carbonyl (C=O) groups is 3. The van der Waals surface area contributed by atoms with Gasteiger partial charge in [-0.15, -0.1) is 4.89 Å². The SMILES string of the molecule is CC(=O)OO[C@]1(OC(C)=O)[C@H](O)[C@@H](CO)O[C@@]1(OC(C)=O)N1CN=C2C1=NC=NC2(N)Cl. The molecule has 16 heteroatoms. The lowest BCUT2D eigenvalue weighted by atomic mass is 10.0. The average molecular weight is 478 g/mol. The van der Waals surface area contributed by atoms with Crippen LogP contribution in [-0.4, -0.2) is 93.2 Å². The first-order valence-corrected chi connectivity index (χ1v) is 9.42. The van der Waals surface area contributed by atoms with Crippen LogP contribution < -0.4 is 5.73 Å². The summed E-state index contributed by atoms with van der Waals surface area (Å²) in [5, 5.41) is 18.8. The van der Waals surface area contributed by atoms with Crippen LogP contribution >= 0.6 is 11.6 Å². The minimum absolute atomic E-state index is 0.0806. The Balaban J connectivity index is 2.23. The number of fused-ring (bicyclic) bond motifs is 1. The molecule has 1 fully saturated rings. The van der Waals surface area contributed by atoms with Gasteiger partial charge in [0, 0.05) is 20.8 Å². The summed E-state index contributed by atoms with van der Waals surface area (Å²) in [6.07, 6.45) is -2.61. The van der Waals surface area contributed by atoms with Crippen LogP contribution in [-0.2, 0) is 38.4 Å². The van der Waals surface area contributed by atoms with Crippen molar-refractivity contribution in [3.8, 4) is 0 Å². The number of ether oxygens (including phenoxy) is 3. The third-order valence-corrected chi connectivity index (χ3v) is 4.76. The molecule has 176 valence electrons. The standard InChI is InChI=1S/C16H20ClN5O10/c1-7(24)28-14(32-31-9(3)26)12(27)10(4-23)30-16(14,29-8(2)25)22-6-20-11-13(22)19-5-21-15(11,17)18/h5,10,12,23,27H,4,6,18H2,1-3H3/t10-,12-,14-,15?,16-/m1/s1. The van der Waals surface area contributed by atoms with Crippen molar-refractivity contribution in [2.24, 2.45) is 20.7 Å². The van der Waals surface area contributed by atoms with Crippen LogP contribution in [0.1, 0.15) is 20.8 Å². The zero-order valence-electron chi connectivity index (χ0n) is 17.1. The fourth-order valence-corrected chi connectivity index (χ4v) is 3.55. The van der Waals surface area contributed by atoms with Gasteiger partial charge in [-0.2, -0.15) is 0 Å². The Kier molecular flexibility index (Phi) is 6.25. The number of hydrogen-bond acceptors (Lipinski definition) is 15. The summed E-state index contributed by atoms with van der Waals surface area (Å²) in [5.74, 6) is -8.82. The van der Waals surface area contributed by atoms with Crippen LogP contribution in [0, 0.1) is 0 Å². The topological polar surface area (TPSA) is 204 Å². The van der Waals surface area contributed by atoms with Gasteiger partial charge in [0.2, 0.25) is 5.12 Å². The van der Waals surface area contributed by atoms with Gasteiger partial charge < -0.3 is 24.4 Å². The number of halogens is 1. The highest BCUT2D eigenvalue weighted by Crippen LogP contribution is 2.48. The predicted octanol–water partition coefficient (Wildman–Crippen LogP) is -2.28. The summed E-state index contributed by atoms with van der Waals surface area (Å²) in [7, 11) is 0. The van der Waals surface area contributed by atoms with E-state index in [1.54, 1.807) is 0 Å². The second-order valence-electron chi connectivity index (χ2n) is 6.83. The molecule has 3 aliphatic rings. The normalized spacial score (nSPS) is 35.7. The van der Waals surface area contributed by atoms with Crippen molar-refractivity contribution in [1.82, 2.24) is 4.90 Å². The van der Waals surface area contributed by atoms with Crippen LogP contribution in [0.25, 0.3) is 0 Å². The summed E-state index contributed by atoms with van der Waals surface area (Å²) in [4.78, 5) is 58.2. The van der Waals surface area contributed by atoms with Gasteiger partial charge in [0.15, 0.2) is 11.9 Å². The molecule has 3 heterocycles. The number of hydrogen-bond donors (Lipinski definition) is 3. The number of aliphatic imine (C=N–C) groups is 3. The van der Waals surface area contributed by atoms with Gasteiger partial charge in [0.1, 0.15) is 24.8 Å². The van der Waals surface area contributed by atoms with E-state index in [2.05, 4.69) is 19.9 Å². The number of aliphatic hydroxyl groups is 2. The number of aliphatic hydroxyl groups excluding tert-OH is 2. The molecule has 3 rings (SSSR count). The maximum absolute atomic E-state index is 12.1. The van der Waals surface area contributed by atoms with E-state index in [0.717, 1.165) is 32.0 Å². The molecular formula is C16H20ClN5O10. The predicted molar refractivity (Wildman–Crippen MR) is 103 cm³/mol. The Hall–Kier alpha value is -2.69. The molecule has 0 aromatic rings. The molecular weight excluding hydrogens is 458 g/mol. The Bertz CT molecular complexity index is 923. The average Bonchev–Trinajstić information content (AvgIpc) is 3.21. The van der Waals surface area contributed by atoms with Crippen LogP contribution in [0.4, 0.5) is 0 Å². The molecule has 0 radical (unpaired) electrons. The van der Waals surface area contributed by atoms with Crippen molar-refractivity contribution in [3.63, 3.8) is 0 Å². The molecule has 4 N–H and O–H groups in total. The lowest BCUT2D eigenvalue weighted by Gasteiger charge is -2.45. The van der Waals surface area contributed by atoms with Gasteiger partial charge in [-0.3, -0.25) is 30.1 Å². The smallest absolute Gasteiger partial charge is 0.376 e. The molecule has 0 aromatic carbocycles. The number of nitrogens with zero attached hydrogens (tertiary/aromatic N) is 4. The molecule has 1 unspecified atom stereocenters. The molecule has 5 atom stereocenters. The first kappa shape index (κ1) is 24.0. The summed E-state index contributed by atoms with van der Waals surface area (Å²) in [5.41, 5.74) is 5.82. The number of esters is 2. The maximum atomic E-state index is 12.1. The van der Waals surface area contributed by atoms with Gasteiger partial charge in [0.25, 0.3) is 0 Å². The van der Waals surface area contributed by atoms with Crippen molar-refractivity contribution in [2.75, 3.05) is 13.3 Å². The Morgan fingerprint density at radius 2 is 1.94 bits per heavy atom. The van der Waals surface area contributed by atoms with Crippen LogP contribution in [0.5, 0.6) is 0 Å². The maximum Gasteiger partial charge on any atom is 0.376 e. The molecule has 1 saturated heterocycles. The zero-order valence-corrected chi connectivity index (χ0v) is 17.8. The number of nitrogens with two attached hydrogens (primary N) is 1. The minimum atomic E-state index is -2.87. The van der Waals surface area contributed by atoms with E-state index in [-0.39, 0.29) is 11.5 Å². The van der Waals surface area contributed by atoms with E-state index in [4.69, 9.17) is 36.4 Å². The number of alkyl halides is 1. The number of rotatable bonds is 6. The van der Waals surface area contributed by atoms with E-state index in [1.165, 1.54) is 0 Å². The second-order valence-corrected chi connectivity index (χ2v) is 7.40. The first-order chi connectivity index (χ1) is 14.9. The summed E-state index contributed by atoms with van der Waals surface area (Å²) < 4.78 is 16.3. The Morgan fingerprint density at radius 1 is 1.28 bits per heavy atom. The summed E-state index contributed by atoms with van der Waals surface area (Å²) in [6.45, 7) is 1.59. The molecule has 0 spiro atoms. The van der Waals surface area contributed by atoms with Crippen molar-refractivity contribution < 1.29 is 48.6 Å². The van der Waals surface area contributed by atoms with Crippen LogP contribution in [0.3, 0.4) is 0 Å². The van der Waals surface area contributed by atoms with E-state index >= 15 is 0 Å². The fraction of sp³-hybridized carbons (Fsp3) is 0.625. The van der Waals surface area contributed by atoms with Crippen LogP contribution in [0.15, 0.2) is 15.0 Å². The van der Waals surface area contributed by atoms with Crippen molar-refractivity contribution in [2.45, 2.75) is 49.8 Å². The molecule has 0 amide bonds. The highest BCUT2D eigenvalue weighted by molar-refractivity contribution is 6.56. The largest absolute Gasteiger partial charge is 0.418 e. The van der Waals surface area contributed by atoms with Crippen molar-refractivity contribution in [1.29, 1.82) is 0 Å². The third-order valence-electron chi connectivity index (χ3n) is 4.48. The molecule has 0 saturated carbocycles. The summed E-state index contributed by atoms with van der Waals surface area (Å²) >= 11 is 6.16. The molecule has 32 heavy (non-hydrogen) atoms. The van der Waals surface area contributed by atoms with E-state index in [0.29, 0.717) is 0 Å². The van der Waals surface area contributed by atoms with Crippen molar-refractivity contribution in [3.05, 3.63) is 0 Å². The second kappa shape index (κ2) is 8.34. The monoisotopic (exact) mass is 477 g/mol. The molecule has 0 aliphatic carbocycles. The van der Waals surface area contributed by atoms with Gasteiger partial charge in [0.05, 0.1) is 6.61 Å². The molecule has 3 aliphatic heterocycles. The number of carbonyl (C=O) groups excluding carboxylic acids is 3. The van der Waals surface area contributed by atoms with E-state index in [1.807, 2.05) is 0 Å². The van der Waals surface area contributed by atoms with E-state index < -0.39 is 60.2 Å². The van der Waals surface area contributed by atoms with E-state index in [9.17, 15) is 24.6 Å². The van der Waals surface area contributed by atoms with Gasteiger partial charge >= 0.3 is 29.6 Å². The molecule has 0 aromatic heterocycles. The zero-order chi connectivity index (χ0) is 23.9. The lowest BCUT2D eigenvalue weighted by Crippen LogP contribution is -2.71. The van der Waals surface area contributed by atoms with Gasteiger partial charge in [-0.25, -0.2) is 14.8 Å². The fourth-order valence-electron chi connectivity index (χ4n) is 3.36.